The van der Waals surface area contributed by atoms with Gasteiger partial charge in [-0.05, 0) is 43.4 Å². The number of aliphatic carboxylic acids is 1. The molecule has 0 heterocycles. The zero-order chi connectivity index (χ0) is 13.8. The zero-order valence-electron chi connectivity index (χ0n) is 10.6. The van der Waals surface area contributed by atoms with Crippen LogP contribution in [0.2, 0.25) is 5.02 Å². The second-order valence-electron chi connectivity index (χ2n) is 4.84. The third-order valence-corrected chi connectivity index (χ3v) is 3.78. The Kier molecular flexibility index (Phi) is 4.66. The van der Waals surface area contributed by atoms with Crippen LogP contribution in [0.1, 0.15) is 37.2 Å². The number of carboxylic acids is 1. The molecule has 0 radical (unpaired) electrons. The van der Waals surface area contributed by atoms with Crippen LogP contribution >= 0.6 is 11.6 Å². The summed E-state index contributed by atoms with van der Waals surface area (Å²) in [6.45, 7) is 0.0501. The molecule has 0 amide bonds. The molecule has 1 fully saturated rings. The van der Waals surface area contributed by atoms with Crippen LogP contribution in [0, 0.1) is 0 Å². The number of hydrogen-bond donors (Lipinski definition) is 2. The van der Waals surface area contributed by atoms with Gasteiger partial charge in [-0.2, -0.15) is 0 Å². The first-order chi connectivity index (χ1) is 9.11. The lowest BCUT2D eigenvalue weighted by Gasteiger charge is -2.16. The number of carbonyl (C=O) groups is 1. The second-order valence-corrected chi connectivity index (χ2v) is 5.25. The Labute approximate surface area is 117 Å². The highest BCUT2D eigenvalue weighted by atomic mass is 35.5. The van der Waals surface area contributed by atoms with Crippen molar-refractivity contribution in [2.45, 2.75) is 37.7 Å². The Morgan fingerprint density at radius 1 is 1.47 bits per heavy atom. The van der Waals surface area contributed by atoms with E-state index in [1.54, 1.807) is 18.2 Å². The normalized spacial score (nSPS) is 17.4. The maximum absolute atomic E-state index is 11.1. The van der Waals surface area contributed by atoms with E-state index >= 15 is 0 Å². The average molecular weight is 284 g/mol. The van der Waals surface area contributed by atoms with E-state index in [9.17, 15) is 4.79 Å². The van der Waals surface area contributed by atoms with Gasteiger partial charge in [0.2, 0.25) is 0 Å². The maximum atomic E-state index is 11.1. The van der Waals surface area contributed by atoms with Crippen molar-refractivity contribution in [3.8, 4) is 5.75 Å². The van der Waals surface area contributed by atoms with Crippen molar-refractivity contribution in [2.75, 3.05) is 6.54 Å². The number of nitrogens with two attached hydrogens (primary N) is 1. The molecule has 5 heteroatoms. The summed E-state index contributed by atoms with van der Waals surface area (Å²) in [5.74, 6) is -1.04. The predicted octanol–water partition coefficient (Wildman–Crippen LogP) is 2.79. The molecule has 1 saturated carbocycles. The van der Waals surface area contributed by atoms with E-state index in [1.165, 1.54) is 12.8 Å². The molecule has 1 aromatic carbocycles. The molecule has 2 rings (SSSR count). The van der Waals surface area contributed by atoms with Crippen LogP contribution in [0.5, 0.6) is 5.75 Å². The van der Waals surface area contributed by atoms with Crippen molar-refractivity contribution in [1.82, 2.24) is 0 Å². The topological polar surface area (TPSA) is 72.6 Å². The minimum Gasteiger partial charge on any atom is -0.489 e. The molecular weight excluding hydrogens is 266 g/mol. The van der Waals surface area contributed by atoms with Crippen molar-refractivity contribution in [3.05, 3.63) is 28.8 Å². The van der Waals surface area contributed by atoms with Gasteiger partial charge in [0.25, 0.3) is 0 Å². The average Bonchev–Trinajstić information content (AvgIpc) is 2.86. The van der Waals surface area contributed by atoms with Crippen LogP contribution in [0.25, 0.3) is 0 Å². The van der Waals surface area contributed by atoms with Crippen molar-refractivity contribution in [1.29, 1.82) is 0 Å². The van der Waals surface area contributed by atoms with Crippen LogP contribution in [0.15, 0.2) is 18.2 Å². The van der Waals surface area contributed by atoms with Crippen LogP contribution in [-0.4, -0.2) is 23.7 Å². The van der Waals surface area contributed by atoms with Crippen LogP contribution in [-0.2, 0) is 4.79 Å². The van der Waals surface area contributed by atoms with Crippen molar-refractivity contribution in [3.63, 3.8) is 0 Å². The number of benzene rings is 1. The van der Waals surface area contributed by atoms with E-state index < -0.39 is 11.9 Å². The van der Waals surface area contributed by atoms with Crippen molar-refractivity contribution in [2.24, 2.45) is 5.73 Å². The van der Waals surface area contributed by atoms with E-state index in [2.05, 4.69) is 0 Å². The lowest BCUT2D eigenvalue weighted by Crippen LogP contribution is -2.21. The standard InChI is InChI=1S/C14H18ClNO3/c15-12-7-9(11(8-16)14(17)18)5-6-13(12)19-10-3-1-2-4-10/h5-7,10-11H,1-4,8,16H2,(H,17,18). The van der Waals surface area contributed by atoms with Crippen LogP contribution in [0.3, 0.4) is 0 Å². The van der Waals surface area contributed by atoms with E-state index in [0.29, 0.717) is 16.3 Å². The molecule has 1 aliphatic rings. The highest BCUT2D eigenvalue weighted by molar-refractivity contribution is 6.32. The molecule has 1 atom stereocenters. The fraction of sp³-hybridized carbons (Fsp3) is 0.500. The minimum atomic E-state index is -0.942. The highest BCUT2D eigenvalue weighted by Crippen LogP contribution is 2.32. The molecule has 4 nitrogen and oxygen atoms in total. The Hall–Kier alpha value is -1.26. The number of rotatable bonds is 5. The van der Waals surface area contributed by atoms with Gasteiger partial charge in [0.15, 0.2) is 0 Å². The highest BCUT2D eigenvalue weighted by Gasteiger charge is 2.21. The van der Waals surface area contributed by atoms with Gasteiger partial charge in [0.1, 0.15) is 5.75 Å². The van der Waals surface area contributed by atoms with E-state index in [-0.39, 0.29) is 12.6 Å². The van der Waals surface area contributed by atoms with Gasteiger partial charge in [-0.15, -0.1) is 0 Å². The van der Waals surface area contributed by atoms with Gasteiger partial charge in [-0.25, -0.2) is 0 Å². The molecule has 0 bridgehead atoms. The van der Waals surface area contributed by atoms with Gasteiger partial charge in [0, 0.05) is 6.54 Å². The molecule has 0 saturated heterocycles. The SMILES string of the molecule is NCC(C(=O)O)c1ccc(OC2CCCC2)c(Cl)c1. The molecule has 0 spiro atoms. The number of ether oxygens (including phenoxy) is 1. The summed E-state index contributed by atoms with van der Waals surface area (Å²) >= 11 is 6.15. The van der Waals surface area contributed by atoms with Crippen LogP contribution < -0.4 is 10.5 Å². The Morgan fingerprint density at radius 2 is 2.16 bits per heavy atom. The minimum absolute atomic E-state index is 0.0501. The Bertz CT molecular complexity index is 458. The van der Waals surface area contributed by atoms with Gasteiger partial charge in [0.05, 0.1) is 17.0 Å². The summed E-state index contributed by atoms with van der Waals surface area (Å²) in [5.41, 5.74) is 6.08. The number of hydrogen-bond acceptors (Lipinski definition) is 3. The quantitative estimate of drug-likeness (QED) is 0.871. The van der Waals surface area contributed by atoms with E-state index in [1.807, 2.05) is 0 Å². The molecule has 0 aliphatic heterocycles. The molecular formula is C14H18ClNO3. The monoisotopic (exact) mass is 283 g/mol. The van der Waals surface area contributed by atoms with Gasteiger partial charge >= 0.3 is 5.97 Å². The summed E-state index contributed by atoms with van der Waals surface area (Å²) in [6, 6.07) is 5.10. The molecule has 0 aromatic heterocycles. The van der Waals surface area contributed by atoms with Gasteiger partial charge in [-0.1, -0.05) is 17.7 Å². The number of carboxylic acid groups (broad SMARTS) is 1. The lowest BCUT2D eigenvalue weighted by atomic mass is 9.99. The third kappa shape index (κ3) is 3.39. The van der Waals surface area contributed by atoms with Crippen molar-refractivity contribution < 1.29 is 14.6 Å². The Balaban J connectivity index is 2.13. The second kappa shape index (κ2) is 6.26. The van der Waals surface area contributed by atoms with Crippen molar-refractivity contribution >= 4 is 17.6 Å². The fourth-order valence-corrected chi connectivity index (χ4v) is 2.63. The smallest absolute Gasteiger partial charge is 0.312 e. The van der Waals surface area contributed by atoms with E-state index in [4.69, 9.17) is 27.2 Å². The summed E-state index contributed by atoms with van der Waals surface area (Å²) < 4.78 is 5.82. The first-order valence-electron chi connectivity index (χ1n) is 6.50. The third-order valence-electron chi connectivity index (χ3n) is 3.49. The summed E-state index contributed by atoms with van der Waals surface area (Å²) in [5, 5.41) is 9.51. The lowest BCUT2D eigenvalue weighted by molar-refractivity contribution is -0.138. The van der Waals surface area contributed by atoms with Crippen LogP contribution in [0.4, 0.5) is 0 Å². The molecule has 3 N–H and O–H groups in total. The number of halogens is 1. The van der Waals surface area contributed by atoms with E-state index in [0.717, 1.165) is 12.8 Å². The molecule has 1 unspecified atom stereocenters. The van der Waals surface area contributed by atoms with Gasteiger partial charge < -0.3 is 15.6 Å². The Morgan fingerprint density at radius 3 is 2.68 bits per heavy atom. The first-order valence-corrected chi connectivity index (χ1v) is 6.88. The molecule has 104 valence electrons. The first kappa shape index (κ1) is 14.2. The molecule has 1 aromatic rings. The largest absolute Gasteiger partial charge is 0.489 e. The predicted molar refractivity (Wildman–Crippen MR) is 73.8 cm³/mol. The summed E-state index contributed by atoms with van der Waals surface area (Å²) in [7, 11) is 0. The fourth-order valence-electron chi connectivity index (χ4n) is 2.39. The summed E-state index contributed by atoms with van der Waals surface area (Å²) in [6.07, 6.45) is 4.72. The molecule has 1 aliphatic carbocycles. The maximum Gasteiger partial charge on any atom is 0.312 e. The summed E-state index contributed by atoms with van der Waals surface area (Å²) in [4.78, 5) is 11.1. The van der Waals surface area contributed by atoms with Gasteiger partial charge in [-0.3, -0.25) is 4.79 Å². The molecule has 19 heavy (non-hydrogen) atoms. The zero-order valence-corrected chi connectivity index (χ0v) is 11.4.